The second-order valence-corrected chi connectivity index (χ2v) is 5.06. The van der Waals surface area contributed by atoms with Crippen LogP contribution in [-0.4, -0.2) is 11.0 Å². The number of hydrogen-bond donors (Lipinski definition) is 1. The Hall–Kier alpha value is -0.120. The summed E-state index contributed by atoms with van der Waals surface area (Å²) in [5.74, 6) is 1.22. The van der Waals surface area contributed by atoms with Crippen molar-refractivity contribution in [3.05, 3.63) is 15.5 Å². The Morgan fingerprint density at radius 1 is 1.83 bits per heavy atom. The van der Waals surface area contributed by atoms with Crippen molar-refractivity contribution >= 4 is 22.9 Å². The third-order valence-corrected chi connectivity index (χ3v) is 3.57. The van der Waals surface area contributed by atoms with Crippen LogP contribution in [0.4, 0.5) is 0 Å². The Balaban J connectivity index is 2.05. The average molecular weight is 203 g/mol. The molecule has 2 N–H and O–H groups in total. The van der Waals surface area contributed by atoms with Crippen molar-refractivity contribution in [3.63, 3.8) is 0 Å². The standard InChI is InChI=1S/C8H11ClN2S/c1-4(10)5-2-6(5)8-11-3-7(9)12-8/h3-6H,2,10H2,1H3. The van der Waals surface area contributed by atoms with Gasteiger partial charge < -0.3 is 5.73 Å². The van der Waals surface area contributed by atoms with E-state index in [2.05, 4.69) is 11.9 Å². The minimum atomic E-state index is 0.290. The van der Waals surface area contributed by atoms with E-state index in [4.69, 9.17) is 17.3 Å². The van der Waals surface area contributed by atoms with Gasteiger partial charge in [0, 0.05) is 12.0 Å². The first kappa shape index (κ1) is 8.48. The molecule has 1 aromatic rings. The Bertz CT molecular complexity index is 284. The van der Waals surface area contributed by atoms with E-state index in [1.165, 1.54) is 6.42 Å². The number of hydrogen-bond acceptors (Lipinski definition) is 3. The summed E-state index contributed by atoms with van der Waals surface area (Å²) in [6.07, 6.45) is 2.90. The van der Waals surface area contributed by atoms with Gasteiger partial charge in [-0.2, -0.15) is 0 Å². The number of halogens is 1. The van der Waals surface area contributed by atoms with Gasteiger partial charge in [0.2, 0.25) is 0 Å². The second kappa shape index (κ2) is 2.98. The van der Waals surface area contributed by atoms with Crippen LogP contribution in [0, 0.1) is 5.92 Å². The molecule has 12 heavy (non-hydrogen) atoms. The lowest BCUT2D eigenvalue weighted by Crippen LogP contribution is -2.17. The summed E-state index contributed by atoms with van der Waals surface area (Å²) >= 11 is 7.36. The summed E-state index contributed by atoms with van der Waals surface area (Å²) in [6.45, 7) is 2.06. The van der Waals surface area contributed by atoms with Crippen molar-refractivity contribution in [2.24, 2.45) is 11.7 Å². The molecule has 3 unspecified atom stereocenters. The SMILES string of the molecule is CC(N)C1CC1c1ncc(Cl)s1. The number of aromatic nitrogens is 1. The summed E-state index contributed by atoms with van der Waals surface area (Å²) < 4.78 is 0.778. The Morgan fingerprint density at radius 2 is 2.58 bits per heavy atom. The minimum absolute atomic E-state index is 0.290. The molecule has 0 aromatic carbocycles. The molecule has 1 fully saturated rings. The molecule has 2 rings (SSSR count). The number of thiazole rings is 1. The molecule has 0 saturated heterocycles. The van der Waals surface area contributed by atoms with Crippen LogP contribution in [0.5, 0.6) is 0 Å². The molecule has 1 heterocycles. The maximum atomic E-state index is 5.78. The van der Waals surface area contributed by atoms with Crippen molar-refractivity contribution in [2.75, 3.05) is 0 Å². The van der Waals surface area contributed by atoms with Crippen molar-refractivity contribution in [1.82, 2.24) is 4.98 Å². The Labute approximate surface area is 80.8 Å². The van der Waals surface area contributed by atoms with E-state index in [1.54, 1.807) is 17.5 Å². The van der Waals surface area contributed by atoms with Crippen LogP contribution >= 0.6 is 22.9 Å². The van der Waals surface area contributed by atoms with E-state index in [-0.39, 0.29) is 6.04 Å². The van der Waals surface area contributed by atoms with E-state index >= 15 is 0 Å². The molecule has 4 heteroatoms. The van der Waals surface area contributed by atoms with Crippen LogP contribution in [0.2, 0.25) is 4.34 Å². The molecule has 1 saturated carbocycles. The molecule has 2 nitrogen and oxygen atoms in total. The lowest BCUT2D eigenvalue weighted by Gasteiger charge is -2.00. The summed E-state index contributed by atoms with van der Waals surface area (Å²) in [5, 5.41) is 1.15. The highest BCUT2D eigenvalue weighted by Gasteiger charge is 2.42. The van der Waals surface area contributed by atoms with Gasteiger partial charge >= 0.3 is 0 Å². The molecule has 0 amide bonds. The zero-order valence-electron chi connectivity index (χ0n) is 6.83. The van der Waals surface area contributed by atoms with Gasteiger partial charge in [-0.05, 0) is 19.3 Å². The number of nitrogens with two attached hydrogens (primary N) is 1. The van der Waals surface area contributed by atoms with Crippen molar-refractivity contribution in [1.29, 1.82) is 0 Å². The summed E-state index contributed by atoms with van der Waals surface area (Å²) in [6, 6.07) is 0.290. The quantitative estimate of drug-likeness (QED) is 0.799. The summed E-state index contributed by atoms with van der Waals surface area (Å²) in [4.78, 5) is 4.24. The van der Waals surface area contributed by atoms with Gasteiger partial charge in [0.1, 0.15) is 4.34 Å². The molecule has 0 bridgehead atoms. The fourth-order valence-corrected chi connectivity index (χ4v) is 2.64. The molecule has 66 valence electrons. The minimum Gasteiger partial charge on any atom is -0.328 e. The number of rotatable bonds is 2. The van der Waals surface area contributed by atoms with Gasteiger partial charge in [-0.1, -0.05) is 11.6 Å². The van der Waals surface area contributed by atoms with Crippen molar-refractivity contribution in [2.45, 2.75) is 25.3 Å². The maximum absolute atomic E-state index is 5.78. The summed E-state index contributed by atoms with van der Waals surface area (Å²) in [7, 11) is 0. The van der Waals surface area contributed by atoms with E-state index in [0.29, 0.717) is 11.8 Å². The average Bonchev–Trinajstić information content (AvgIpc) is 2.70. The van der Waals surface area contributed by atoms with E-state index in [9.17, 15) is 0 Å². The lowest BCUT2D eigenvalue weighted by atomic mass is 10.2. The molecule has 0 aliphatic heterocycles. The topological polar surface area (TPSA) is 38.9 Å². The monoisotopic (exact) mass is 202 g/mol. The third-order valence-electron chi connectivity index (χ3n) is 2.33. The largest absolute Gasteiger partial charge is 0.328 e. The smallest absolute Gasteiger partial charge is 0.113 e. The van der Waals surface area contributed by atoms with E-state index < -0.39 is 0 Å². The van der Waals surface area contributed by atoms with Gasteiger partial charge in [-0.25, -0.2) is 4.98 Å². The van der Waals surface area contributed by atoms with Gasteiger partial charge in [-0.15, -0.1) is 11.3 Å². The number of nitrogens with zero attached hydrogens (tertiary/aromatic N) is 1. The van der Waals surface area contributed by atoms with E-state index in [1.807, 2.05) is 0 Å². The fourth-order valence-electron chi connectivity index (χ4n) is 1.52. The molecule has 1 aromatic heterocycles. The predicted octanol–water partition coefficient (Wildman–Crippen LogP) is 2.25. The third kappa shape index (κ3) is 1.49. The van der Waals surface area contributed by atoms with Crippen molar-refractivity contribution in [3.8, 4) is 0 Å². The van der Waals surface area contributed by atoms with Crippen LogP contribution in [0.3, 0.4) is 0 Å². The molecule has 0 spiro atoms. The fraction of sp³-hybridized carbons (Fsp3) is 0.625. The van der Waals surface area contributed by atoms with Gasteiger partial charge in [0.25, 0.3) is 0 Å². The van der Waals surface area contributed by atoms with Crippen LogP contribution in [-0.2, 0) is 0 Å². The molecule has 0 radical (unpaired) electrons. The highest BCUT2D eigenvalue weighted by Crippen LogP contribution is 2.50. The highest BCUT2D eigenvalue weighted by molar-refractivity contribution is 7.15. The van der Waals surface area contributed by atoms with Crippen molar-refractivity contribution < 1.29 is 0 Å². The molecule has 3 atom stereocenters. The zero-order chi connectivity index (χ0) is 8.72. The molecule has 1 aliphatic carbocycles. The first-order valence-electron chi connectivity index (χ1n) is 4.05. The lowest BCUT2D eigenvalue weighted by molar-refractivity contribution is 0.631. The predicted molar refractivity (Wildman–Crippen MR) is 51.6 cm³/mol. The van der Waals surface area contributed by atoms with Crippen LogP contribution in [0.25, 0.3) is 0 Å². The zero-order valence-corrected chi connectivity index (χ0v) is 8.40. The first-order chi connectivity index (χ1) is 5.68. The van der Waals surface area contributed by atoms with Gasteiger partial charge in [0.15, 0.2) is 0 Å². The molecular formula is C8H11ClN2S. The van der Waals surface area contributed by atoms with Crippen LogP contribution in [0.15, 0.2) is 6.20 Å². The van der Waals surface area contributed by atoms with Crippen LogP contribution < -0.4 is 5.73 Å². The molecular weight excluding hydrogens is 192 g/mol. The van der Waals surface area contributed by atoms with Crippen LogP contribution in [0.1, 0.15) is 24.3 Å². The van der Waals surface area contributed by atoms with E-state index in [0.717, 1.165) is 9.34 Å². The Morgan fingerprint density at radius 3 is 3.00 bits per heavy atom. The normalized spacial score (nSPS) is 30.2. The maximum Gasteiger partial charge on any atom is 0.113 e. The molecule has 1 aliphatic rings. The summed E-state index contributed by atoms with van der Waals surface area (Å²) in [5.41, 5.74) is 5.78. The second-order valence-electron chi connectivity index (χ2n) is 3.37. The Kier molecular flexibility index (Phi) is 2.10. The van der Waals surface area contributed by atoms with Gasteiger partial charge in [0.05, 0.1) is 11.2 Å². The first-order valence-corrected chi connectivity index (χ1v) is 5.24. The highest BCUT2D eigenvalue weighted by atomic mass is 35.5. The van der Waals surface area contributed by atoms with Gasteiger partial charge in [-0.3, -0.25) is 0 Å².